The Balaban J connectivity index is 0.000000198. The lowest BCUT2D eigenvalue weighted by Crippen LogP contribution is -2.03. The van der Waals surface area contributed by atoms with E-state index in [0.29, 0.717) is 23.9 Å². The molecular formula is C47H41ClN6O6. The summed E-state index contributed by atoms with van der Waals surface area (Å²) in [6, 6.07) is 36.6. The van der Waals surface area contributed by atoms with Gasteiger partial charge in [0.05, 0.1) is 49.2 Å². The van der Waals surface area contributed by atoms with Crippen LogP contribution in [0.15, 0.2) is 121 Å². The van der Waals surface area contributed by atoms with Gasteiger partial charge in [0.25, 0.3) is 11.4 Å². The SMILES string of the molecule is C.CC(=O)Cc1ccc(Nc2c3ccc(C)cc3nc3cc([N+](=O)[O-])ccc23)cc1.Cc1ccc2c(Nc3ccc(CC(=O)CCl)cc3)c3ccc([N+](=O)[O-])cc3nc2c1. The van der Waals surface area contributed by atoms with E-state index in [4.69, 9.17) is 11.6 Å². The van der Waals surface area contributed by atoms with E-state index in [1.807, 2.05) is 98.8 Å². The molecule has 0 bridgehead atoms. The highest BCUT2D eigenvalue weighted by Crippen LogP contribution is 2.37. The second-order valence-corrected chi connectivity index (χ2v) is 14.6. The van der Waals surface area contributed by atoms with E-state index >= 15 is 0 Å². The largest absolute Gasteiger partial charge is 0.354 e. The number of nitro benzene ring substituents is 2. The number of hydrogen-bond donors (Lipinski definition) is 2. The summed E-state index contributed by atoms with van der Waals surface area (Å²) >= 11 is 5.58. The maximum atomic E-state index is 11.6. The number of alkyl halides is 1. The van der Waals surface area contributed by atoms with E-state index in [1.54, 1.807) is 19.1 Å². The van der Waals surface area contributed by atoms with Crippen molar-refractivity contribution < 1.29 is 19.4 Å². The number of anilines is 4. The quantitative estimate of drug-likeness (QED) is 0.0554. The van der Waals surface area contributed by atoms with Gasteiger partial charge in [-0.1, -0.05) is 56.0 Å². The third-order valence-electron chi connectivity index (χ3n) is 9.70. The van der Waals surface area contributed by atoms with Gasteiger partial charge in [0.15, 0.2) is 5.78 Å². The summed E-state index contributed by atoms with van der Waals surface area (Å²) in [7, 11) is 0. The Bertz CT molecular complexity index is 2960. The van der Waals surface area contributed by atoms with Gasteiger partial charge in [-0.25, -0.2) is 9.97 Å². The van der Waals surface area contributed by atoms with Crippen molar-refractivity contribution >= 4 is 101 Å². The summed E-state index contributed by atoms with van der Waals surface area (Å²) in [5.41, 5.74) is 10.0. The fraction of sp³-hybridized carbons (Fsp3) is 0.149. The topological polar surface area (TPSA) is 170 Å². The number of benzene rings is 6. The first-order valence-electron chi connectivity index (χ1n) is 18.6. The smallest absolute Gasteiger partial charge is 0.271 e. The van der Waals surface area contributed by atoms with Gasteiger partial charge in [-0.3, -0.25) is 29.8 Å². The van der Waals surface area contributed by atoms with E-state index in [-0.39, 0.29) is 36.2 Å². The van der Waals surface area contributed by atoms with Gasteiger partial charge in [0.1, 0.15) is 5.78 Å². The number of Topliss-reactive ketones (excluding diaryl/α,β-unsaturated/α-hetero) is 2. The molecule has 13 heteroatoms. The van der Waals surface area contributed by atoms with Crippen molar-refractivity contribution in [2.45, 2.75) is 41.0 Å². The van der Waals surface area contributed by atoms with Gasteiger partial charge in [0, 0.05) is 70.0 Å². The third kappa shape index (κ3) is 9.52. The van der Waals surface area contributed by atoms with Crippen LogP contribution in [-0.4, -0.2) is 37.3 Å². The van der Waals surface area contributed by atoms with Crippen LogP contribution in [0.1, 0.15) is 36.6 Å². The van der Waals surface area contributed by atoms with Crippen molar-refractivity contribution in [1.29, 1.82) is 0 Å². The van der Waals surface area contributed by atoms with Gasteiger partial charge in [-0.05, 0) is 91.6 Å². The fourth-order valence-electron chi connectivity index (χ4n) is 6.85. The lowest BCUT2D eigenvalue weighted by Gasteiger charge is -2.14. The maximum absolute atomic E-state index is 11.6. The molecule has 0 amide bonds. The standard InChI is InChI=1S/C23H18ClN3O3.C23H19N3O3.CH4/c1-14-2-8-19-21(10-14)26-22-12-17(27(29)30)7-9-20(22)23(19)25-16-5-3-15(4-6-16)11-18(28)13-24;1-14-3-9-19-21(11-14)25-22-13-18(26(28)29)8-10-20(22)23(19)24-17-6-4-16(5-7-17)12-15(2)27;/h2-10,12H,11,13H2,1H3,(H,25,26);3-11,13H,12H2,1-2H3,(H,24,25);1H4. The van der Waals surface area contributed by atoms with Crippen LogP contribution in [0.25, 0.3) is 43.6 Å². The zero-order valence-electron chi connectivity index (χ0n) is 32.3. The summed E-state index contributed by atoms with van der Waals surface area (Å²) in [5.74, 6) is 0.0924. The Kier molecular flexibility index (Phi) is 12.8. The Morgan fingerprint density at radius 3 is 1.30 bits per heavy atom. The number of fused-ring (bicyclic) bond motifs is 4. The van der Waals surface area contributed by atoms with E-state index in [0.717, 1.165) is 77.6 Å². The molecule has 0 saturated carbocycles. The zero-order valence-corrected chi connectivity index (χ0v) is 33.0. The minimum Gasteiger partial charge on any atom is -0.354 e. The molecule has 0 unspecified atom stereocenters. The number of nitro groups is 2. The molecule has 0 fully saturated rings. The minimum absolute atomic E-state index is 0. The summed E-state index contributed by atoms with van der Waals surface area (Å²) in [4.78, 5) is 53.7. The van der Waals surface area contributed by atoms with Crippen LogP contribution >= 0.6 is 11.6 Å². The first kappa shape index (κ1) is 42.3. The van der Waals surface area contributed by atoms with Crippen molar-refractivity contribution in [3.8, 4) is 0 Å². The molecule has 6 aromatic carbocycles. The number of aromatic nitrogens is 2. The number of nitrogens with one attached hydrogen (secondary N) is 2. The number of hydrogen-bond acceptors (Lipinski definition) is 10. The fourth-order valence-corrected chi connectivity index (χ4v) is 6.94. The van der Waals surface area contributed by atoms with E-state index in [1.165, 1.54) is 24.3 Å². The number of aryl methyl sites for hydroxylation is 2. The summed E-state index contributed by atoms with van der Waals surface area (Å²) in [6.45, 7) is 5.54. The van der Waals surface area contributed by atoms with Crippen LogP contribution in [0, 0.1) is 34.1 Å². The molecule has 2 heterocycles. The number of ketones is 2. The number of non-ortho nitro benzene ring substituents is 2. The van der Waals surface area contributed by atoms with E-state index < -0.39 is 9.85 Å². The molecule has 8 aromatic rings. The molecule has 0 radical (unpaired) electrons. The predicted molar refractivity (Wildman–Crippen MR) is 241 cm³/mol. The van der Waals surface area contributed by atoms with Gasteiger partial charge in [-0.2, -0.15) is 0 Å². The molecule has 2 N–H and O–H groups in total. The van der Waals surface area contributed by atoms with Crippen molar-refractivity contribution in [1.82, 2.24) is 9.97 Å². The van der Waals surface area contributed by atoms with Crippen LogP contribution in [0.3, 0.4) is 0 Å². The first-order valence-corrected chi connectivity index (χ1v) is 19.1. The van der Waals surface area contributed by atoms with E-state index in [2.05, 4.69) is 20.6 Å². The lowest BCUT2D eigenvalue weighted by atomic mass is 10.0. The molecule has 0 spiro atoms. The number of nitrogens with zero attached hydrogens (tertiary/aromatic N) is 4. The molecule has 0 aliphatic rings. The zero-order chi connectivity index (χ0) is 41.8. The number of pyridine rings is 2. The van der Waals surface area contributed by atoms with E-state index in [9.17, 15) is 29.8 Å². The van der Waals surface area contributed by atoms with Crippen LogP contribution in [0.5, 0.6) is 0 Å². The Morgan fingerprint density at radius 1 is 0.567 bits per heavy atom. The molecule has 12 nitrogen and oxygen atoms in total. The molecule has 8 rings (SSSR count). The first-order chi connectivity index (χ1) is 28.3. The van der Waals surface area contributed by atoms with Crippen molar-refractivity contribution in [3.63, 3.8) is 0 Å². The second-order valence-electron chi connectivity index (χ2n) is 14.3. The molecule has 302 valence electrons. The van der Waals surface area contributed by atoms with Crippen molar-refractivity contribution in [2.75, 3.05) is 16.5 Å². The molecule has 0 aliphatic heterocycles. The Hall–Kier alpha value is -7.31. The average Bonchev–Trinajstić information content (AvgIpc) is 3.21. The highest BCUT2D eigenvalue weighted by molar-refractivity contribution is 6.27. The Morgan fingerprint density at radius 2 is 0.933 bits per heavy atom. The molecule has 2 aromatic heterocycles. The number of halogens is 1. The Labute approximate surface area is 350 Å². The minimum atomic E-state index is -0.421. The molecule has 0 atom stereocenters. The lowest BCUT2D eigenvalue weighted by molar-refractivity contribution is -0.384. The van der Waals surface area contributed by atoms with Gasteiger partial charge < -0.3 is 10.6 Å². The number of rotatable bonds is 11. The monoisotopic (exact) mass is 820 g/mol. The summed E-state index contributed by atoms with van der Waals surface area (Å²) in [6.07, 6.45) is 0.707. The highest BCUT2D eigenvalue weighted by Gasteiger charge is 2.16. The number of carbonyl (C=O) groups is 2. The average molecular weight is 821 g/mol. The normalized spacial score (nSPS) is 10.8. The molecule has 60 heavy (non-hydrogen) atoms. The van der Waals surface area contributed by atoms with Crippen molar-refractivity contribution in [3.05, 3.63) is 164 Å². The highest BCUT2D eigenvalue weighted by atomic mass is 35.5. The van der Waals surface area contributed by atoms with Crippen LogP contribution in [0.4, 0.5) is 34.1 Å². The van der Waals surface area contributed by atoms with Gasteiger partial charge >= 0.3 is 0 Å². The molecule has 0 saturated heterocycles. The predicted octanol–water partition coefficient (Wildman–Crippen LogP) is 11.8. The number of carbonyl (C=O) groups excluding carboxylic acids is 2. The van der Waals surface area contributed by atoms with Crippen LogP contribution in [-0.2, 0) is 22.4 Å². The van der Waals surface area contributed by atoms with Gasteiger partial charge in [0.2, 0.25) is 0 Å². The summed E-state index contributed by atoms with van der Waals surface area (Å²) in [5, 5.41) is 32.7. The second kappa shape index (κ2) is 18.1. The van der Waals surface area contributed by atoms with Crippen molar-refractivity contribution in [2.24, 2.45) is 0 Å². The van der Waals surface area contributed by atoms with Crippen LogP contribution in [0.2, 0.25) is 0 Å². The third-order valence-corrected chi connectivity index (χ3v) is 10.00. The van der Waals surface area contributed by atoms with Crippen LogP contribution < -0.4 is 10.6 Å². The maximum Gasteiger partial charge on any atom is 0.271 e. The molecular weight excluding hydrogens is 780 g/mol. The summed E-state index contributed by atoms with van der Waals surface area (Å²) < 4.78 is 0. The van der Waals surface area contributed by atoms with Gasteiger partial charge in [-0.15, -0.1) is 11.6 Å². The molecule has 0 aliphatic carbocycles.